The molecule has 1 fully saturated rings. The van der Waals surface area contributed by atoms with Gasteiger partial charge in [-0.15, -0.1) is 0 Å². The lowest BCUT2D eigenvalue weighted by molar-refractivity contribution is 0.181. The maximum atomic E-state index is 11.4. The van der Waals surface area contributed by atoms with Crippen LogP contribution in [0.2, 0.25) is 0 Å². The summed E-state index contributed by atoms with van der Waals surface area (Å²) in [5.74, 6) is 2.27. The fourth-order valence-corrected chi connectivity index (χ4v) is 3.15. The Morgan fingerprint density at radius 1 is 1.31 bits per heavy atom. The van der Waals surface area contributed by atoms with Crippen molar-refractivity contribution in [2.75, 3.05) is 23.8 Å². The highest BCUT2D eigenvalue weighted by molar-refractivity contribution is 7.98. The number of hydrogen-bond donors (Lipinski definition) is 0. The van der Waals surface area contributed by atoms with Gasteiger partial charge in [0, 0.05) is 11.4 Å². The summed E-state index contributed by atoms with van der Waals surface area (Å²) in [6.45, 7) is 1.18. The molecule has 0 atom stereocenters. The second-order valence-electron chi connectivity index (χ2n) is 4.02. The fourth-order valence-electron chi connectivity index (χ4n) is 2.15. The Bertz CT molecular complexity index is 433. The lowest BCUT2D eigenvalue weighted by Gasteiger charge is -2.19. The quantitative estimate of drug-likeness (QED) is 0.748. The Kier molecular flexibility index (Phi) is 2.52. The molecule has 2 aliphatic heterocycles. The van der Waals surface area contributed by atoms with Gasteiger partial charge in [0.05, 0.1) is 6.54 Å². The molecule has 0 unspecified atom stereocenters. The summed E-state index contributed by atoms with van der Waals surface area (Å²) in [6, 6.07) is 6.31. The molecule has 4 heteroatoms. The van der Waals surface area contributed by atoms with Crippen molar-refractivity contribution in [3.05, 3.63) is 29.3 Å². The molecular formula is C12H13NO2S. The van der Waals surface area contributed by atoms with E-state index >= 15 is 0 Å². The van der Waals surface area contributed by atoms with Crippen molar-refractivity contribution in [2.24, 2.45) is 0 Å². The van der Waals surface area contributed by atoms with Gasteiger partial charge in [-0.2, -0.15) is 11.8 Å². The van der Waals surface area contributed by atoms with Crippen LogP contribution in [0, 0.1) is 0 Å². The summed E-state index contributed by atoms with van der Waals surface area (Å²) in [6.07, 6.45) is 0.925. The molecule has 0 aliphatic carbocycles. The van der Waals surface area contributed by atoms with Crippen molar-refractivity contribution < 1.29 is 9.53 Å². The lowest BCUT2D eigenvalue weighted by Crippen LogP contribution is -2.23. The third kappa shape index (κ3) is 1.67. The van der Waals surface area contributed by atoms with E-state index in [1.807, 2.05) is 17.8 Å². The molecule has 84 valence electrons. The molecule has 1 aromatic rings. The van der Waals surface area contributed by atoms with E-state index < -0.39 is 0 Å². The SMILES string of the molecule is O=C1OCCN1c1ccc2c(c1)CSCC2. The molecule has 0 aromatic heterocycles. The van der Waals surface area contributed by atoms with Gasteiger partial charge >= 0.3 is 6.09 Å². The smallest absolute Gasteiger partial charge is 0.414 e. The van der Waals surface area contributed by atoms with Gasteiger partial charge in [-0.05, 0) is 35.4 Å². The van der Waals surface area contributed by atoms with E-state index in [2.05, 4.69) is 12.1 Å². The topological polar surface area (TPSA) is 29.5 Å². The highest BCUT2D eigenvalue weighted by atomic mass is 32.2. The maximum absolute atomic E-state index is 11.4. The first-order valence-corrected chi connectivity index (χ1v) is 6.64. The van der Waals surface area contributed by atoms with Crippen LogP contribution < -0.4 is 4.90 Å². The number of hydrogen-bond acceptors (Lipinski definition) is 3. The summed E-state index contributed by atoms with van der Waals surface area (Å²) < 4.78 is 4.95. The van der Waals surface area contributed by atoms with Crippen molar-refractivity contribution in [1.82, 2.24) is 0 Å². The number of cyclic esters (lactones) is 1. The van der Waals surface area contributed by atoms with Gasteiger partial charge in [0.2, 0.25) is 0 Å². The number of benzene rings is 1. The Morgan fingerprint density at radius 3 is 3.06 bits per heavy atom. The first kappa shape index (κ1) is 10.0. The average Bonchev–Trinajstić information content (AvgIpc) is 2.75. The first-order valence-electron chi connectivity index (χ1n) is 5.48. The van der Waals surface area contributed by atoms with Gasteiger partial charge in [-0.3, -0.25) is 4.90 Å². The molecule has 1 aromatic carbocycles. The maximum Gasteiger partial charge on any atom is 0.414 e. The van der Waals surface area contributed by atoms with Gasteiger partial charge < -0.3 is 4.74 Å². The lowest BCUT2D eigenvalue weighted by atomic mass is 10.0. The molecule has 3 nitrogen and oxygen atoms in total. The second-order valence-corrected chi connectivity index (χ2v) is 5.13. The summed E-state index contributed by atoms with van der Waals surface area (Å²) in [4.78, 5) is 13.1. The molecule has 0 radical (unpaired) electrons. The normalized spacial score (nSPS) is 19.5. The zero-order valence-corrected chi connectivity index (χ0v) is 9.76. The molecule has 3 rings (SSSR count). The van der Waals surface area contributed by atoms with Crippen LogP contribution in [0.15, 0.2) is 18.2 Å². The third-order valence-electron chi connectivity index (χ3n) is 3.04. The number of fused-ring (bicyclic) bond motifs is 1. The number of thioether (sulfide) groups is 1. The van der Waals surface area contributed by atoms with Gasteiger partial charge in [0.15, 0.2) is 0 Å². The van der Waals surface area contributed by atoms with Crippen LogP contribution in [0.4, 0.5) is 10.5 Å². The molecule has 2 aliphatic rings. The van der Waals surface area contributed by atoms with E-state index in [9.17, 15) is 4.79 Å². The highest BCUT2D eigenvalue weighted by Crippen LogP contribution is 2.29. The molecular weight excluding hydrogens is 222 g/mol. The minimum absolute atomic E-state index is 0.219. The summed E-state index contributed by atoms with van der Waals surface area (Å²) >= 11 is 1.95. The van der Waals surface area contributed by atoms with Crippen molar-refractivity contribution in [2.45, 2.75) is 12.2 Å². The predicted octanol–water partition coefficient (Wildman–Crippen LogP) is 2.43. The molecule has 0 N–H and O–H groups in total. The number of carbonyl (C=O) groups excluding carboxylic acids is 1. The van der Waals surface area contributed by atoms with Crippen LogP contribution in [0.25, 0.3) is 0 Å². The fraction of sp³-hybridized carbons (Fsp3) is 0.417. The van der Waals surface area contributed by atoms with Crippen molar-refractivity contribution in [3.63, 3.8) is 0 Å². The van der Waals surface area contributed by atoms with E-state index in [0.717, 1.165) is 17.9 Å². The average molecular weight is 235 g/mol. The zero-order valence-electron chi connectivity index (χ0n) is 8.94. The van der Waals surface area contributed by atoms with Crippen LogP contribution in [0.3, 0.4) is 0 Å². The van der Waals surface area contributed by atoms with Crippen molar-refractivity contribution >= 4 is 23.5 Å². The Balaban J connectivity index is 1.93. The Morgan fingerprint density at radius 2 is 2.25 bits per heavy atom. The standard InChI is InChI=1S/C12H13NO2S/c14-12-13(4-5-15-12)11-2-1-9-3-6-16-8-10(9)7-11/h1-2,7H,3-6,8H2. The number of carbonyl (C=O) groups is 1. The predicted molar refractivity (Wildman–Crippen MR) is 65.0 cm³/mol. The van der Waals surface area contributed by atoms with E-state index in [1.165, 1.54) is 16.9 Å². The van der Waals surface area contributed by atoms with E-state index in [1.54, 1.807) is 4.90 Å². The molecule has 2 heterocycles. The van der Waals surface area contributed by atoms with E-state index in [4.69, 9.17) is 4.74 Å². The van der Waals surface area contributed by atoms with Crippen LogP contribution in [-0.4, -0.2) is 25.0 Å². The summed E-state index contributed by atoms with van der Waals surface area (Å²) in [5, 5.41) is 0. The molecule has 0 bridgehead atoms. The molecule has 16 heavy (non-hydrogen) atoms. The summed E-state index contributed by atoms with van der Waals surface area (Å²) in [5.41, 5.74) is 3.77. The van der Waals surface area contributed by atoms with Crippen molar-refractivity contribution in [3.8, 4) is 0 Å². The van der Waals surface area contributed by atoms with Gasteiger partial charge in [-0.25, -0.2) is 4.79 Å². The third-order valence-corrected chi connectivity index (χ3v) is 4.04. The largest absolute Gasteiger partial charge is 0.447 e. The number of anilines is 1. The number of amides is 1. The van der Waals surface area contributed by atoms with Crippen LogP contribution in [-0.2, 0) is 16.9 Å². The van der Waals surface area contributed by atoms with Gasteiger partial charge in [0.1, 0.15) is 6.61 Å². The minimum atomic E-state index is -0.219. The number of aryl methyl sites for hydroxylation is 1. The zero-order chi connectivity index (χ0) is 11.0. The van der Waals surface area contributed by atoms with Gasteiger partial charge in [-0.1, -0.05) is 6.07 Å². The summed E-state index contributed by atoms with van der Waals surface area (Å²) in [7, 11) is 0. The van der Waals surface area contributed by atoms with Crippen LogP contribution in [0.5, 0.6) is 0 Å². The monoisotopic (exact) mass is 235 g/mol. The molecule has 1 saturated heterocycles. The highest BCUT2D eigenvalue weighted by Gasteiger charge is 2.24. The van der Waals surface area contributed by atoms with E-state index in [0.29, 0.717) is 13.2 Å². The van der Waals surface area contributed by atoms with E-state index in [-0.39, 0.29) is 6.09 Å². The second kappa shape index (κ2) is 4.01. The molecule has 0 saturated carbocycles. The Labute approximate surface area is 98.8 Å². The number of rotatable bonds is 1. The molecule has 1 amide bonds. The first-order chi connectivity index (χ1) is 7.84. The van der Waals surface area contributed by atoms with Crippen LogP contribution >= 0.6 is 11.8 Å². The Hall–Kier alpha value is -1.16. The van der Waals surface area contributed by atoms with Crippen LogP contribution in [0.1, 0.15) is 11.1 Å². The number of nitrogens with zero attached hydrogens (tertiary/aromatic N) is 1. The number of ether oxygens (including phenoxy) is 1. The minimum Gasteiger partial charge on any atom is -0.447 e. The van der Waals surface area contributed by atoms with Gasteiger partial charge in [0.25, 0.3) is 0 Å². The van der Waals surface area contributed by atoms with Crippen molar-refractivity contribution in [1.29, 1.82) is 0 Å². The molecule has 0 spiro atoms.